The van der Waals surface area contributed by atoms with Gasteiger partial charge >= 0.3 is 5.97 Å². The monoisotopic (exact) mass is 476 g/mol. The molecule has 0 radical (unpaired) electrons. The molecule has 0 spiro atoms. The van der Waals surface area contributed by atoms with Crippen molar-refractivity contribution in [1.82, 2.24) is 20.1 Å². The third-order valence-electron chi connectivity index (χ3n) is 5.49. The van der Waals surface area contributed by atoms with Crippen molar-refractivity contribution >= 4 is 5.97 Å². The number of carboxylic acid groups (broad SMARTS) is 1. The van der Waals surface area contributed by atoms with Gasteiger partial charge in [0.1, 0.15) is 12.0 Å². The zero-order chi connectivity index (χ0) is 25.0. The summed E-state index contributed by atoms with van der Waals surface area (Å²) in [7, 11) is 0. The lowest BCUT2D eigenvalue weighted by Crippen LogP contribution is -2.38. The van der Waals surface area contributed by atoms with Gasteiger partial charge in [-0.1, -0.05) is 30.3 Å². The molecule has 35 heavy (non-hydrogen) atoms. The minimum Gasteiger partial charge on any atom is -0.478 e. The first-order valence-electron chi connectivity index (χ1n) is 11.2. The molecule has 4 rings (SSSR count). The lowest BCUT2D eigenvalue weighted by Gasteiger charge is -2.25. The van der Waals surface area contributed by atoms with Crippen LogP contribution in [0.5, 0.6) is 5.75 Å². The highest BCUT2D eigenvalue weighted by molar-refractivity contribution is 5.77. The molecule has 0 aliphatic carbocycles. The van der Waals surface area contributed by atoms with Crippen LogP contribution in [0.2, 0.25) is 0 Å². The van der Waals surface area contributed by atoms with Gasteiger partial charge < -0.3 is 18.7 Å². The molecule has 9 nitrogen and oxygen atoms in total. The lowest BCUT2D eigenvalue weighted by atomic mass is 10.0. The van der Waals surface area contributed by atoms with Gasteiger partial charge in [-0.3, -0.25) is 4.90 Å². The summed E-state index contributed by atoms with van der Waals surface area (Å²) < 4.78 is 17.2. The van der Waals surface area contributed by atoms with Gasteiger partial charge in [-0.05, 0) is 56.5 Å². The molecule has 0 amide bonds. The lowest BCUT2D eigenvalue weighted by molar-refractivity contribution is -0.152. The number of benzene rings is 2. The molecule has 0 atom stereocenters. The van der Waals surface area contributed by atoms with Crippen LogP contribution < -0.4 is 4.74 Å². The molecule has 1 N–H and O–H groups in total. The zero-order valence-electron chi connectivity index (χ0n) is 20.2. The number of ether oxygens (including phenoxy) is 1. The summed E-state index contributed by atoms with van der Waals surface area (Å²) in [5.74, 6) is 1.07. The van der Waals surface area contributed by atoms with Gasteiger partial charge in [0.05, 0.1) is 19.3 Å². The maximum absolute atomic E-state index is 11.5. The van der Waals surface area contributed by atoms with E-state index in [4.69, 9.17) is 13.6 Å². The van der Waals surface area contributed by atoms with Gasteiger partial charge in [-0.2, -0.15) is 0 Å². The van der Waals surface area contributed by atoms with Gasteiger partial charge in [0.2, 0.25) is 17.7 Å². The number of aliphatic carboxylic acids is 1. The van der Waals surface area contributed by atoms with Crippen molar-refractivity contribution in [3.05, 3.63) is 83.4 Å². The predicted octanol–water partition coefficient (Wildman–Crippen LogP) is 4.79. The fraction of sp³-hybridized carbons (Fsp3) is 0.308. The van der Waals surface area contributed by atoms with Crippen LogP contribution in [0.15, 0.2) is 63.8 Å². The third kappa shape index (κ3) is 5.93. The van der Waals surface area contributed by atoms with E-state index in [1.165, 1.54) is 13.8 Å². The molecule has 0 fully saturated rings. The van der Waals surface area contributed by atoms with Gasteiger partial charge in [0.15, 0.2) is 5.60 Å². The molecule has 0 unspecified atom stereocenters. The summed E-state index contributed by atoms with van der Waals surface area (Å²) in [6, 6.07) is 13.6. The first kappa shape index (κ1) is 24.2. The maximum Gasteiger partial charge on any atom is 0.347 e. The number of nitrogens with zero attached hydrogens (tertiary/aromatic N) is 4. The van der Waals surface area contributed by atoms with Gasteiger partial charge in [-0.25, -0.2) is 9.78 Å². The van der Waals surface area contributed by atoms with Crippen molar-refractivity contribution in [2.75, 3.05) is 0 Å². The van der Waals surface area contributed by atoms with E-state index >= 15 is 0 Å². The Bertz CT molecular complexity index is 1260. The van der Waals surface area contributed by atoms with Crippen molar-refractivity contribution in [2.24, 2.45) is 0 Å². The second-order valence-corrected chi connectivity index (χ2v) is 8.91. The van der Waals surface area contributed by atoms with Crippen LogP contribution >= 0.6 is 0 Å². The summed E-state index contributed by atoms with van der Waals surface area (Å²) in [6.45, 7) is 8.28. The molecule has 0 saturated heterocycles. The Morgan fingerprint density at radius 3 is 2.34 bits per heavy atom. The van der Waals surface area contributed by atoms with Crippen LogP contribution in [-0.4, -0.2) is 36.8 Å². The van der Waals surface area contributed by atoms with E-state index in [9.17, 15) is 9.90 Å². The zero-order valence-corrected chi connectivity index (χ0v) is 20.2. The number of aromatic nitrogens is 3. The molecule has 2 aromatic heterocycles. The van der Waals surface area contributed by atoms with Crippen molar-refractivity contribution in [1.29, 1.82) is 0 Å². The Morgan fingerprint density at radius 2 is 1.71 bits per heavy atom. The van der Waals surface area contributed by atoms with E-state index in [0.717, 1.165) is 22.3 Å². The number of oxazole rings is 1. The Morgan fingerprint density at radius 1 is 1.03 bits per heavy atom. The van der Waals surface area contributed by atoms with E-state index in [0.29, 0.717) is 43.1 Å². The average Bonchev–Trinajstić information content (AvgIpc) is 3.49. The van der Waals surface area contributed by atoms with E-state index in [2.05, 4.69) is 20.1 Å². The fourth-order valence-electron chi connectivity index (χ4n) is 3.75. The second kappa shape index (κ2) is 10.1. The highest BCUT2D eigenvalue weighted by atomic mass is 16.5. The van der Waals surface area contributed by atoms with E-state index in [-0.39, 0.29) is 0 Å². The molecular weight excluding hydrogens is 448 g/mol. The number of hydrogen-bond acceptors (Lipinski definition) is 8. The van der Waals surface area contributed by atoms with Crippen LogP contribution in [0.4, 0.5) is 0 Å². The third-order valence-corrected chi connectivity index (χ3v) is 5.49. The van der Waals surface area contributed by atoms with Crippen LogP contribution in [0.3, 0.4) is 0 Å². The van der Waals surface area contributed by atoms with Gasteiger partial charge in [0, 0.05) is 12.1 Å². The minimum atomic E-state index is -1.33. The smallest absolute Gasteiger partial charge is 0.347 e. The normalized spacial score (nSPS) is 11.7. The molecule has 9 heteroatoms. The Labute approximate surface area is 203 Å². The van der Waals surface area contributed by atoms with E-state index in [1.54, 1.807) is 12.5 Å². The summed E-state index contributed by atoms with van der Waals surface area (Å²) in [5.41, 5.74) is 2.26. The highest BCUT2D eigenvalue weighted by Crippen LogP contribution is 2.29. The largest absolute Gasteiger partial charge is 0.478 e. The van der Waals surface area contributed by atoms with Crippen LogP contribution in [-0.2, 0) is 24.4 Å². The Hall–Kier alpha value is -3.98. The summed E-state index contributed by atoms with van der Waals surface area (Å²) in [5, 5.41) is 17.8. The summed E-state index contributed by atoms with van der Waals surface area (Å²) >= 11 is 0. The first-order valence-corrected chi connectivity index (χ1v) is 11.2. The quantitative estimate of drug-likeness (QED) is 0.345. The Kier molecular flexibility index (Phi) is 6.97. The predicted molar refractivity (Wildman–Crippen MR) is 127 cm³/mol. The van der Waals surface area contributed by atoms with Crippen molar-refractivity contribution in [2.45, 2.75) is 52.9 Å². The maximum atomic E-state index is 11.5. The number of carbonyl (C=O) groups is 1. The van der Waals surface area contributed by atoms with E-state index < -0.39 is 11.6 Å². The van der Waals surface area contributed by atoms with Gasteiger partial charge in [-0.15, -0.1) is 10.2 Å². The standard InChI is InChI=1S/C26H28N4O5/c1-17-12-19(13-18(2)23(17)35-26(3,4)25(31)32)14-30(15-21-27-10-11-33-21)16-22-28-29-24(34-22)20-8-6-5-7-9-20/h5-13H,14-16H2,1-4H3,(H,31,32). The molecule has 2 heterocycles. The molecule has 182 valence electrons. The Balaban J connectivity index is 1.55. The number of carboxylic acids is 1. The van der Waals surface area contributed by atoms with Crippen LogP contribution in [0, 0.1) is 13.8 Å². The van der Waals surface area contributed by atoms with Gasteiger partial charge in [0.25, 0.3) is 0 Å². The second-order valence-electron chi connectivity index (χ2n) is 8.91. The summed E-state index contributed by atoms with van der Waals surface area (Å²) in [4.78, 5) is 17.8. The molecule has 0 aliphatic rings. The molecule has 0 bridgehead atoms. The van der Waals surface area contributed by atoms with E-state index in [1.807, 2.05) is 56.3 Å². The van der Waals surface area contributed by atoms with Crippen molar-refractivity contribution in [3.63, 3.8) is 0 Å². The van der Waals surface area contributed by atoms with Crippen LogP contribution in [0.1, 0.15) is 42.3 Å². The molecule has 4 aromatic rings. The highest BCUT2D eigenvalue weighted by Gasteiger charge is 2.30. The molecule has 0 saturated carbocycles. The van der Waals surface area contributed by atoms with Crippen molar-refractivity contribution in [3.8, 4) is 17.2 Å². The number of hydrogen-bond donors (Lipinski definition) is 1. The average molecular weight is 477 g/mol. The van der Waals surface area contributed by atoms with Crippen LogP contribution in [0.25, 0.3) is 11.5 Å². The SMILES string of the molecule is Cc1cc(CN(Cc2ncco2)Cc2nnc(-c3ccccc3)o2)cc(C)c1OC(C)(C)C(=O)O. The summed E-state index contributed by atoms with van der Waals surface area (Å²) in [6.07, 6.45) is 3.15. The number of rotatable bonds is 10. The molecule has 2 aromatic carbocycles. The molecule has 0 aliphatic heterocycles. The fourth-order valence-corrected chi connectivity index (χ4v) is 3.75. The minimum absolute atomic E-state index is 0.393. The number of aryl methyl sites for hydroxylation is 2. The first-order chi connectivity index (χ1) is 16.7. The topological polar surface area (TPSA) is 115 Å². The molecular formula is C26H28N4O5. The van der Waals surface area contributed by atoms with Crippen molar-refractivity contribution < 1.29 is 23.5 Å².